The lowest BCUT2D eigenvalue weighted by Gasteiger charge is -2.06. The minimum atomic E-state index is -0.155. The highest BCUT2D eigenvalue weighted by Gasteiger charge is 2.20. The van der Waals surface area contributed by atoms with Gasteiger partial charge in [0.15, 0.2) is 5.82 Å². The monoisotopic (exact) mass is 404 g/mol. The Morgan fingerprint density at radius 3 is 3.00 bits per heavy atom. The number of hydrogen-bond donors (Lipinski definition) is 0. The Balaban J connectivity index is 1.99. The summed E-state index contributed by atoms with van der Waals surface area (Å²) in [6.45, 7) is 4.86. The van der Waals surface area contributed by atoms with Crippen molar-refractivity contribution in [2.45, 2.75) is 38.8 Å². The van der Waals surface area contributed by atoms with Crippen molar-refractivity contribution in [1.29, 1.82) is 5.26 Å². The summed E-state index contributed by atoms with van der Waals surface area (Å²) in [6.07, 6.45) is 10.9. The van der Waals surface area contributed by atoms with Crippen LogP contribution in [0.3, 0.4) is 0 Å². The van der Waals surface area contributed by atoms with E-state index in [9.17, 15) is 10.1 Å². The van der Waals surface area contributed by atoms with Crippen LogP contribution in [0.4, 0.5) is 0 Å². The smallest absolute Gasteiger partial charge is 0.269 e. The molecule has 29 heavy (non-hydrogen) atoms. The maximum absolute atomic E-state index is 13.0. The van der Waals surface area contributed by atoms with Crippen molar-refractivity contribution in [3.63, 3.8) is 0 Å². The zero-order valence-corrected chi connectivity index (χ0v) is 16.7. The Kier molecular flexibility index (Phi) is 5.49. The molecule has 1 aliphatic rings. The van der Waals surface area contributed by atoms with Gasteiger partial charge in [0.05, 0.1) is 4.53 Å². The van der Waals surface area contributed by atoms with Crippen LogP contribution in [0.15, 0.2) is 42.0 Å². The number of rotatable bonds is 4. The third-order valence-electron chi connectivity index (χ3n) is 4.86. The van der Waals surface area contributed by atoms with Gasteiger partial charge in [-0.05, 0) is 30.5 Å². The van der Waals surface area contributed by atoms with E-state index < -0.39 is 0 Å². The number of fused-ring (bicyclic) bond motifs is 1. The first-order chi connectivity index (χ1) is 14.2. The fourth-order valence-electron chi connectivity index (χ4n) is 3.48. The number of pyridine rings is 1. The Labute approximate surface area is 171 Å². The van der Waals surface area contributed by atoms with E-state index in [4.69, 9.17) is 0 Å². The Morgan fingerprint density at radius 2 is 2.24 bits per heavy atom. The zero-order valence-electron chi connectivity index (χ0n) is 15.9. The SMILES string of the molecule is C=CCn1c(=O)/c(=C\c2cccnc2)s/c1=C(/C#N)c1nnc2n1CCCCC2. The summed E-state index contributed by atoms with van der Waals surface area (Å²) < 4.78 is 4.72. The van der Waals surface area contributed by atoms with Crippen LogP contribution in [0.25, 0.3) is 11.6 Å². The van der Waals surface area contributed by atoms with Crippen LogP contribution in [0.5, 0.6) is 0 Å². The van der Waals surface area contributed by atoms with E-state index in [1.54, 1.807) is 29.1 Å². The zero-order chi connectivity index (χ0) is 20.2. The maximum Gasteiger partial charge on any atom is 0.269 e. The van der Waals surface area contributed by atoms with Crippen molar-refractivity contribution in [3.8, 4) is 6.07 Å². The van der Waals surface area contributed by atoms with Gasteiger partial charge in [0.2, 0.25) is 0 Å². The summed E-state index contributed by atoms with van der Waals surface area (Å²) in [5, 5.41) is 18.6. The van der Waals surface area contributed by atoms with Crippen molar-refractivity contribution in [2.75, 3.05) is 0 Å². The minimum absolute atomic E-state index is 0.155. The van der Waals surface area contributed by atoms with E-state index in [0.717, 1.165) is 43.6 Å². The van der Waals surface area contributed by atoms with Crippen LogP contribution < -0.4 is 14.8 Å². The van der Waals surface area contributed by atoms with Gasteiger partial charge in [0.1, 0.15) is 22.1 Å². The van der Waals surface area contributed by atoms with Crippen LogP contribution in [0, 0.1) is 11.3 Å². The Hall–Kier alpha value is -3.31. The molecule has 0 radical (unpaired) electrons. The van der Waals surface area contributed by atoms with E-state index in [0.29, 0.717) is 27.1 Å². The van der Waals surface area contributed by atoms with Crippen molar-refractivity contribution in [3.05, 3.63) is 73.9 Å². The summed E-state index contributed by atoms with van der Waals surface area (Å²) >= 11 is 1.29. The molecule has 0 saturated heterocycles. The molecule has 1 aliphatic heterocycles. The number of aryl methyl sites for hydroxylation is 1. The molecule has 0 spiro atoms. The van der Waals surface area contributed by atoms with Crippen LogP contribution in [-0.2, 0) is 19.5 Å². The summed E-state index contributed by atoms with van der Waals surface area (Å²) in [6, 6.07) is 5.98. The molecule has 0 saturated carbocycles. The average Bonchev–Trinajstić information content (AvgIpc) is 3.16. The van der Waals surface area contributed by atoms with E-state index in [1.165, 1.54) is 11.3 Å². The van der Waals surface area contributed by atoms with Gasteiger partial charge in [-0.3, -0.25) is 14.3 Å². The van der Waals surface area contributed by atoms with Crippen molar-refractivity contribution in [1.82, 2.24) is 24.3 Å². The lowest BCUT2D eigenvalue weighted by molar-refractivity contribution is 0.626. The highest BCUT2D eigenvalue weighted by atomic mass is 32.1. The molecule has 4 rings (SSSR count). The standard InChI is InChI=1S/C21H20N6OS/c1-2-10-27-20(28)17(12-15-7-6-9-23-14-15)29-21(27)16(13-22)19-25-24-18-8-4-3-5-11-26(18)19/h2,6-7,9,12,14H,1,3-5,8,10-11H2/b17-12+,21-16-. The summed E-state index contributed by atoms with van der Waals surface area (Å²) in [7, 11) is 0. The minimum Gasteiger partial charge on any atom is -0.310 e. The van der Waals surface area contributed by atoms with Gasteiger partial charge in [0.25, 0.3) is 5.56 Å². The van der Waals surface area contributed by atoms with Gasteiger partial charge < -0.3 is 4.57 Å². The summed E-state index contributed by atoms with van der Waals surface area (Å²) in [4.78, 5) is 17.1. The number of nitrogens with zero attached hydrogens (tertiary/aromatic N) is 6. The topological polar surface area (TPSA) is 89.4 Å². The highest BCUT2D eigenvalue weighted by Crippen LogP contribution is 2.18. The van der Waals surface area contributed by atoms with Crippen molar-refractivity contribution >= 4 is 23.0 Å². The first kappa shape index (κ1) is 19.0. The van der Waals surface area contributed by atoms with Gasteiger partial charge >= 0.3 is 0 Å². The molecule has 0 unspecified atom stereocenters. The molecule has 0 aliphatic carbocycles. The van der Waals surface area contributed by atoms with Crippen LogP contribution in [0.2, 0.25) is 0 Å². The van der Waals surface area contributed by atoms with Crippen LogP contribution in [0.1, 0.15) is 36.5 Å². The summed E-state index contributed by atoms with van der Waals surface area (Å²) in [5.74, 6) is 1.44. The average molecular weight is 404 g/mol. The predicted molar refractivity (Wildman–Crippen MR) is 112 cm³/mol. The third-order valence-corrected chi connectivity index (χ3v) is 5.99. The molecular weight excluding hydrogens is 384 g/mol. The van der Waals surface area contributed by atoms with E-state index in [-0.39, 0.29) is 5.56 Å². The molecular formula is C21H20N6OS. The first-order valence-corrected chi connectivity index (χ1v) is 10.3. The normalized spacial score (nSPS) is 15.3. The Bertz CT molecular complexity index is 1260. The van der Waals surface area contributed by atoms with Crippen LogP contribution in [-0.4, -0.2) is 24.3 Å². The lowest BCUT2D eigenvalue weighted by Crippen LogP contribution is -2.32. The molecule has 0 amide bonds. The van der Waals surface area contributed by atoms with Crippen LogP contribution >= 0.6 is 11.3 Å². The maximum atomic E-state index is 13.0. The molecule has 7 nitrogen and oxygen atoms in total. The molecule has 0 N–H and O–H groups in total. The second-order valence-electron chi connectivity index (χ2n) is 6.80. The quantitative estimate of drug-likeness (QED) is 0.613. The van der Waals surface area contributed by atoms with Crippen molar-refractivity contribution in [2.24, 2.45) is 0 Å². The van der Waals surface area contributed by atoms with E-state index >= 15 is 0 Å². The predicted octanol–water partition coefficient (Wildman–Crippen LogP) is 1.36. The molecule has 4 heterocycles. The molecule has 8 heteroatoms. The van der Waals surface area contributed by atoms with Gasteiger partial charge in [-0.15, -0.1) is 28.1 Å². The molecule has 3 aromatic rings. The molecule has 0 atom stereocenters. The number of aromatic nitrogens is 5. The molecule has 0 aromatic carbocycles. The number of nitriles is 1. The molecule has 146 valence electrons. The number of allylic oxidation sites excluding steroid dienone is 1. The second kappa shape index (κ2) is 8.37. The first-order valence-electron chi connectivity index (χ1n) is 9.52. The third kappa shape index (κ3) is 3.69. The van der Waals surface area contributed by atoms with Gasteiger partial charge in [-0.1, -0.05) is 18.6 Å². The second-order valence-corrected chi connectivity index (χ2v) is 7.83. The van der Waals surface area contributed by atoms with Gasteiger partial charge in [-0.2, -0.15) is 5.26 Å². The number of hydrogen-bond acceptors (Lipinski definition) is 6. The van der Waals surface area contributed by atoms with E-state index in [1.807, 2.05) is 16.7 Å². The molecule has 3 aromatic heterocycles. The Morgan fingerprint density at radius 1 is 1.34 bits per heavy atom. The highest BCUT2D eigenvalue weighted by molar-refractivity contribution is 7.07. The fourth-order valence-corrected chi connectivity index (χ4v) is 4.58. The van der Waals surface area contributed by atoms with Gasteiger partial charge in [-0.25, -0.2) is 0 Å². The lowest BCUT2D eigenvalue weighted by atomic mass is 10.2. The van der Waals surface area contributed by atoms with Crippen molar-refractivity contribution < 1.29 is 0 Å². The largest absolute Gasteiger partial charge is 0.310 e. The summed E-state index contributed by atoms with van der Waals surface area (Å²) in [5.41, 5.74) is 1.05. The van der Waals surface area contributed by atoms with Gasteiger partial charge in [0, 0.05) is 31.9 Å². The van der Waals surface area contributed by atoms with E-state index in [2.05, 4.69) is 27.8 Å². The molecule has 0 bridgehead atoms. The number of thiazole rings is 1. The molecule has 0 fully saturated rings. The fraction of sp³-hybridized carbons (Fsp3) is 0.286.